The quantitative estimate of drug-likeness (QED) is 0.887. The number of rotatable bonds is 4. The molecule has 0 spiro atoms. The van der Waals surface area contributed by atoms with Crippen LogP contribution in [0.5, 0.6) is 0 Å². The van der Waals surface area contributed by atoms with Crippen molar-refractivity contribution in [3.05, 3.63) is 18.1 Å². The second-order valence-electron chi connectivity index (χ2n) is 4.67. The van der Waals surface area contributed by atoms with E-state index in [0.29, 0.717) is 11.9 Å². The van der Waals surface area contributed by atoms with Gasteiger partial charge in [0.25, 0.3) is 0 Å². The number of anilines is 1. The molecule has 0 aliphatic carbocycles. The van der Waals surface area contributed by atoms with Crippen LogP contribution in [0.25, 0.3) is 0 Å². The topological polar surface area (TPSA) is 66.3 Å². The summed E-state index contributed by atoms with van der Waals surface area (Å²) < 4.78 is 0. The van der Waals surface area contributed by atoms with Crippen molar-refractivity contribution in [1.82, 2.24) is 9.97 Å². The number of carboxylic acids is 1. The maximum atomic E-state index is 11.2. The Kier molecular flexibility index (Phi) is 4.12. The molecule has 1 atom stereocenters. The van der Waals surface area contributed by atoms with E-state index < -0.39 is 5.97 Å². The fourth-order valence-corrected chi connectivity index (χ4v) is 2.60. The number of aromatic nitrogens is 2. The zero-order valence-corrected chi connectivity index (χ0v) is 10.7. The van der Waals surface area contributed by atoms with E-state index in [4.69, 9.17) is 0 Å². The molecule has 1 N–H and O–H groups in total. The Balaban J connectivity index is 2.30. The number of hydrogen-bond donors (Lipinski definition) is 1. The number of nitrogens with zero attached hydrogens (tertiary/aromatic N) is 3. The maximum Gasteiger partial charge on any atom is 0.358 e. The number of hydrogen-bond acceptors (Lipinski definition) is 4. The summed E-state index contributed by atoms with van der Waals surface area (Å²) in [5.41, 5.74) is 0.0699. The second-order valence-corrected chi connectivity index (χ2v) is 4.67. The van der Waals surface area contributed by atoms with Crippen molar-refractivity contribution >= 4 is 11.8 Å². The van der Waals surface area contributed by atoms with Crippen molar-refractivity contribution in [1.29, 1.82) is 0 Å². The van der Waals surface area contributed by atoms with Crippen LogP contribution in [0.15, 0.2) is 12.4 Å². The monoisotopic (exact) mass is 249 g/mol. The van der Waals surface area contributed by atoms with E-state index >= 15 is 0 Å². The van der Waals surface area contributed by atoms with E-state index in [1.54, 1.807) is 6.20 Å². The van der Waals surface area contributed by atoms with Crippen LogP contribution < -0.4 is 4.90 Å². The highest BCUT2D eigenvalue weighted by Crippen LogP contribution is 2.27. The van der Waals surface area contributed by atoms with Crippen molar-refractivity contribution < 1.29 is 9.90 Å². The molecule has 0 amide bonds. The SMILES string of the molecule is CCCC1CCCCN1c1nccnc1C(=O)O. The van der Waals surface area contributed by atoms with E-state index in [9.17, 15) is 9.90 Å². The average Bonchev–Trinajstić information content (AvgIpc) is 2.40. The molecule has 1 saturated heterocycles. The number of carbonyl (C=O) groups is 1. The molecule has 98 valence electrons. The molecule has 1 aliphatic rings. The average molecular weight is 249 g/mol. The third-order valence-corrected chi connectivity index (χ3v) is 3.40. The molecule has 18 heavy (non-hydrogen) atoms. The van der Waals surface area contributed by atoms with Crippen molar-refractivity contribution in [2.45, 2.75) is 45.1 Å². The largest absolute Gasteiger partial charge is 0.476 e. The molecule has 0 saturated carbocycles. The van der Waals surface area contributed by atoms with Crippen molar-refractivity contribution in [3.8, 4) is 0 Å². The van der Waals surface area contributed by atoms with E-state index in [1.165, 1.54) is 12.6 Å². The highest BCUT2D eigenvalue weighted by atomic mass is 16.4. The molecule has 1 aromatic heterocycles. The first-order chi connectivity index (χ1) is 8.74. The van der Waals surface area contributed by atoms with Gasteiger partial charge >= 0.3 is 5.97 Å². The predicted octanol–water partition coefficient (Wildman–Crippen LogP) is 2.33. The summed E-state index contributed by atoms with van der Waals surface area (Å²) in [4.78, 5) is 21.5. The Bertz CT molecular complexity index is 420. The fourth-order valence-electron chi connectivity index (χ4n) is 2.60. The summed E-state index contributed by atoms with van der Waals surface area (Å²) in [5, 5.41) is 9.18. The van der Waals surface area contributed by atoms with Crippen LogP contribution in [0.3, 0.4) is 0 Å². The van der Waals surface area contributed by atoms with E-state index in [0.717, 1.165) is 32.2 Å². The molecule has 0 bridgehead atoms. The molecule has 5 nitrogen and oxygen atoms in total. The molecule has 1 aromatic rings. The van der Waals surface area contributed by atoms with Gasteiger partial charge in [-0.2, -0.15) is 0 Å². The lowest BCUT2D eigenvalue weighted by Crippen LogP contribution is -2.41. The molecule has 1 unspecified atom stereocenters. The number of aromatic carboxylic acids is 1. The smallest absolute Gasteiger partial charge is 0.358 e. The van der Waals surface area contributed by atoms with Gasteiger partial charge in [-0.25, -0.2) is 14.8 Å². The first-order valence-corrected chi connectivity index (χ1v) is 6.55. The molecule has 5 heteroatoms. The molecule has 1 aliphatic heterocycles. The lowest BCUT2D eigenvalue weighted by Gasteiger charge is -2.36. The van der Waals surface area contributed by atoms with Gasteiger partial charge in [-0.05, 0) is 25.7 Å². The highest BCUT2D eigenvalue weighted by Gasteiger charge is 2.27. The Labute approximate surface area is 107 Å². The molecular weight excluding hydrogens is 230 g/mol. The third-order valence-electron chi connectivity index (χ3n) is 3.40. The summed E-state index contributed by atoms with van der Waals surface area (Å²) in [7, 11) is 0. The van der Waals surface area contributed by atoms with Gasteiger partial charge in [0.1, 0.15) is 0 Å². The standard InChI is InChI=1S/C13H19N3O2/c1-2-5-10-6-3-4-9-16(10)12-11(13(17)18)14-7-8-15-12/h7-8,10H,2-6,9H2,1H3,(H,17,18). The van der Waals surface area contributed by atoms with Crippen LogP contribution in [0.2, 0.25) is 0 Å². The Morgan fingerprint density at radius 2 is 2.22 bits per heavy atom. The molecule has 1 fully saturated rings. The van der Waals surface area contributed by atoms with Gasteiger partial charge in [-0.3, -0.25) is 0 Å². The van der Waals surface area contributed by atoms with Crippen LogP contribution in [0.1, 0.15) is 49.5 Å². The molecular formula is C13H19N3O2. The van der Waals surface area contributed by atoms with Gasteiger partial charge in [0, 0.05) is 25.0 Å². The van der Waals surface area contributed by atoms with E-state index in [1.807, 2.05) is 0 Å². The van der Waals surface area contributed by atoms with Crippen LogP contribution in [0.4, 0.5) is 5.82 Å². The number of piperidine rings is 1. The zero-order valence-electron chi connectivity index (χ0n) is 10.7. The maximum absolute atomic E-state index is 11.2. The summed E-state index contributed by atoms with van der Waals surface area (Å²) in [6, 6.07) is 0.401. The lowest BCUT2D eigenvalue weighted by molar-refractivity contribution is 0.0690. The minimum atomic E-state index is -1.00. The third kappa shape index (κ3) is 2.60. The Morgan fingerprint density at radius 1 is 1.44 bits per heavy atom. The molecule has 2 rings (SSSR count). The van der Waals surface area contributed by atoms with E-state index in [2.05, 4.69) is 21.8 Å². The van der Waals surface area contributed by atoms with Gasteiger partial charge in [0.05, 0.1) is 0 Å². The number of carboxylic acid groups (broad SMARTS) is 1. The van der Waals surface area contributed by atoms with Crippen molar-refractivity contribution in [2.75, 3.05) is 11.4 Å². The van der Waals surface area contributed by atoms with Crippen LogP contribution in [-0.4, -0.2) is 33.6 Å². The lowest BCUT2D eigenvalue weighted by atomic mass is 9.98. The molecule has 0 radical (unpaired) electrons. The minimum Gasteiger partial charge on any atom is -0.476 e. The zero-order chi connectivity index (χ0) is 13.0. The first kappa shape index (κ1) is 12.8. The van der Waals surface area contributed by atoms with Crippen molar-refractivity contribution in [3.63, 3.8) is 0 Å². The molecule has 0 aromatic carbocycles. The highest BCUT2D eigenvalue weighted by molar-refractivity contribution is 5.91. The summed E-state index contributed by atoms with van der Waals surface area (Å²) in [6.07, 6.45) is 8.60. The van der Waals surface area contributed by atoms with Gasteiger partial charge in [-0.15, -0.1) is 0 Å². The van der Waals surface area contributed by atoms with Gasteiger partial charge in [0.15, 0.2) is 11.5 Å². The van der Waals surface area contributed by atoms with Crippen LogP contribution >= 0.6 is 0 Å². The molecule has 2 heterocycles. The Morgan fingerprint density at radius 3 is 2.94 bits per heavy atom. The Hall–Kier alpha value is -1.65. The van der Waals surface area contributed by atoms with Gasteiger partial charge in [0.2, 0.25) is 0 Å². The first-order valence-electron chi connectivity index (χ1n) is 6.55. The van der Waals surface area contributed by atoms with Crippen LogP contribution in [-0.2, 0) is 0 Å². The van der Waals surface area contributed by atoms with Gasteiger partial charge < -0.3 is 10.0 Å². The van der Waals surface area contributed by atoms with Gasteiger partial charge in [-0.1, -0.05) is 13.3 Å². The van der Waals surface area contributed by atoms with Crippen molar-refractivity contribution in [2.24, 2.45) is 0 Å². The predicted molar refractivity (Wildman–Crippen MR) is 68.9 cm³/mol. The summed E-state index contributed by atoms with van der Waals surface area (Å²) >= 11 is 0. The summed E-state index contributed by atoms with van der Waals surface area (Å²) in [5.74, 6) is -0.470. The normalized spacial score (nSPS) is 19.8. The minimum absolute atomic E-state index is 0.0699. The fraction of sp³-hybridized carbons (Fsp3) is 0.615. The van der Waals surface area contributed by atoms with Crippen LogP contribution in [0, 0.1) is 0 Å². The van der Waals surface area contributed by atoms with E-state index in [-0.39, 0.29) is 5.69 Å². The summed E-state index contributed by atoms with van der Waals surface area (Å²) in [6.45, 7) is 3.03. The second kappa shape index (κ2) is 5.80.